The Morgan fingerprint density at radius 3 is 2.69 bits per heavy atom. The van der Waals surface area contributed by atoms with E-state index in [-0.39, 0.29) is 78.1 Å². The molecule has 3 saturated heterocycles. The number of benzene rings is 1. The fourth-order valence-electron chi connectivity index (χ4n) is 9.52. The van der Waals surface area contributed by atoms with Crippen molar-refractivity contribution in [2.45, 2.75) is 109 Å². The molecule has 0 saturated carbocycles. The van der Waals surface area contributed by atoms with Crippen LogP contribution < -0.4 is 19.7 Å². The number of amides is 1. The lowest BCUT2D eigenvalue weighted by molar-refractivity contribution is -0.137. The van der Waals surface area contributed by atoms with Crippen LogP contribution in [-0.4, -0.2) is 97.5 Å². The van der Waals surface area contributed by atoms with Crippen molar-refractivity contribution in [3.63, 3.8) is 0 Å². The molecule has 5 aromatic rings. The number of pyridine rings is 2. The van der Waals surface area contributed by atoms with E-state index in [4.69, 9.17) is 23.9 Å². The van der Waals surface area contributed by atoms with Crippen molar-refractivity contribution in [2.75, 3.05) is 49.7 Å². The summed E-state index contributed by atoms with van der Waals surface area (Å²) in [5, 5.41) is 7.22. The maximum atomic E-state index is 17.7. The molecule has 1 N–H and O–H groups in total. The van der Waals surface area contributed by atoms with Crippen LogP contribution in [0.3, 0.4) is 0 Å². The lowest BCUT2D eigenvalue weighted by Gasteiger charge is -2.32. The maximum Gasteiger partial charge on any atom is 0.417 e. The second-order valence-corrected chi connectivity index (χ2v) is 17.6. The number of nitrogens with one attached hydrogen (secondary N) is 1. The fraction of sp³-hybridized carbons (Fsp3) is 0.535. The predicted molar refractivity (Wildman–Crippen MR) is 218 cm³/mol. The zero-order valence-corrected chi connectivity index (χ0v) is 35.1. The van der Waals surface area contributed by atoms with Crippen molar-refractivity contribution >= 4 is 39.5 Å². The van der Waals surface area contributed by atoms with Gasteiger partial charge in [0.15, 0.2) is 12.0 Å². The Morgan fingerprint density at radius 1 is 1.11 bits per heavy atom. The molecule has 9 rings (SSSR count). The topological polar surface area (TPSA) is 142 Å². The van der Waals surface area contributed by atoms with Gasteiger partial charge in [-0.1, -0.05) is 6.07 Å². The highest BCUT2D eigenvalue weighted by Crippen LogP contribution is 2.48. The van der Waals surface area contributed by atoms with Crippen LogP contribution in [0.15, 0.2) is 30.6 Å². The average molecular weight is 866 g/mol. The number of anilines is 2. The van der Waals surface area contributed by atoms with Crippen molar-refractivity contribution in [3.05, 3.63) is 53.1 Å². The molecular weight excluding hydrogens is 818 g/mol. The minimum atomic E-state index is -4.93. The SMILES string of the molecule is Cc1cc2c(cnn2C2CCCCO2)c(-c2nc3c4c(nc(OC[C@@]56CCCN5C[C@H](F)C6)nc4c2F)N([C@H](C)c2cccnc2NC(=O)OC(C)(C)C)CCO3)c1C(F)(F)F. The van der Waals surface area contributed by atoms with Gasteiger partial charge in [-0.05, 0) is 91.0 Å². The van der Waals surface area contributed by atoms with E-state index < -0.39 is 64.5 Å². The van der Waals surface area contributed by atoms with Gasteiger partial charge in [0.2, 0.25) is 5.88 Å². The summed E-state index contributed by atoms with van der Waals surface area (Å²) in [5.41, 5.74) is -3.32. The summed E-state index contributed by atoms with van der Waals surface area (Å²) in [6, 6.07) is 3.95. The molecule has 1 aromatic carbocycles. The second kappa shape index (κ2) is 15.7. The second-order valence-electron chi connectivity index (χ2n) is 17.6. The van der Waals surface area contributed by atoms with Crippen molar-refractivity contribution in [3.8, 4) is 23.1 Å². The minimum Gasteiger partial charge on any atom is -0.475 e. The quantitative estimate of drug-likeness (QED) is 0.149. The van der Waals surface area contributed by atoms with E-state index in [9.17, 15) is 9.18 Å². The van der Waals surface area contributed by atoms with Crippen LogP contribution in [0, 0.1) is 12.7 Å². The number of fused-ring (bicyclic) bond motifs is 2. The average Bonchev–Trinajstić information content (AvgIpc) is 3.86. The first-order valence-corrected chi connectivity index (χ1v) is 21.0. The molecule has 19 heteroatoms. The van der Waals surface area contributed by atoms with Crippen molar-refractivity contribution in [1.82, 2.24) is 34.6 Å². The summed E-state index contributed by atoms with van der Waals surface area (Å²) in [6.07, 6.45) is -0.356. The van der Waals surface area contributed by atoms with Gasteiger partial charge in [0.25, 0.3) is 0 Å². The number of hydrogen-bond donors (Lipinski definition) is 1. The Balaban J connectivity index is 1.22. The van der Waals surface area contributed by atoms with Gasteiger partial charge in [-0.25, -0.2) is 28.2 Å². The number of aromatic nitrogens is 6. The Kier molecular flexibility index (Phi) is 10.6. The van der Waals surface area contributed by atoms with E-state index in [1.54, 1.807) is 42.5 Å². The number of halogens is 5. The monoisotopic (exact) mass is 865 g/mol. The highest BCUT2D eigenvalue weighted by Gasteiger charge is 2.49. The van der Waals surface area contributed by atoms with Crippen LogP contribution in [-0.2, 0) is 15.7 Å². The molecule has 0 spiro atoms. The van der Waals surface area contributed by atoms with Crippen LogP contribution >= 0.6 is 0 Å². The van der Waals surface area contributed by atoms with Gasteiger partial charge in [0, 0.05) is 42.3 Å². The van der Waals surface area contributed by atoms with E-state index in [0.717, 1.165) is 19.3 Å². The largest absolute Gasteiger partial charge is 0.475 e. The lowest BCUT2D eigenvalue weighted by Crippen LogP contribution is -2.43. The Bertz CT molecular complexity index is 2540. The number of nitrogens with zero attached hydrogens (tertiary/aromatic N) is 8. The number of carbonyl (C=O) groups excluding carboxylic acids is 1. The molecule has 8 heterocycles. The van der Waals surface area contributed by atoms with Crippen molar-refractivity contribution in [2.24, 2.45) is 0 Å². The smallest absolute Gasteiger partial charge is 0.417 e. The van der Waals surface area contributed by atoms with E-state index in [2.05, 4.69) is 30.3 Å². The summed E-state index contributed by atoms with van der Waals surface area (Å²) in [4.78, 5) is 35.1. The number of ether oxygens (including phenoxy) is 4. The predicted octanol–water partition coefficient (Wildman–Crippen LogP) is 8.86. The van der Waals surface area contributed by atoms with Gasteiger partial charge in [0.1, 0.15) is 53.2 Å². The van der Waals surface area contributed by atoms with Gasteiger partial charge in [-0.15, -0.1) is 0 Å². The molecular formula is C43H48F5N9O5. The highest BCUT2D eigenvalue weighted by atomic mass is 19.4. The van der Waals surface area contributed by atoms with Crippen LogP contribution in [0.5, 0.6) is 11.9 Å². The molecule has 0 bridgehead atoms. The van der Waals surface area contributed by atoms with Gasteiger partial charge in [-0.3, -0.25) is 10.2 Å². The molecule has 4 aromatic heterocycles. The third-order valence-electron chi connectivity index (χ3n) is 12.2. The van der Waals surface area contributed by atoms with Crippen LogP contribution in [0.2, 0.25) is 0 Å². The summed E-state index contributed by atoms with van der Waals surface area (Å²) in [5.74, 6) is -1.02. The Labute approximate surface area is 354 Å². The molecule has 330 valence electrons. The summed E-state index contributed by atoms with van der Waals surface area (Å²) in [7, 11) is 0. The molecule has 3 fully saturated rings. The minimum absolute atomic E-state index is 0.00240. The zero-order chi connectivity index (χ0) is 43.7. The van der Waals surface area contributed by atoms with Crippen LogP contribution in [0.1, 0.15) is 95.2 Å². The zero-order valence-electron chi connectivity index (χ0n) is 35.1. The number of carbonyl (C=O) groups is 1. The standard InChI is InChI=1S/C43H48F5N9O5/c1-23-18-28-27(20-50-57(28)29-11-6-7-16-59-29)30(32(23)43(46,47)48)34-33(45)35-31-37(54-39(52-35)61-22-42-12-9-14-55(42)21-25(44)19-42)56(15-17-60-38(31)51-34)24(2)26-10-8-13-49-36(26)53-40(58)62-41(3,4)5/h8,10,13,18,20,24-25,29H,6-7,9,11-12,14-17,19,21-22H2,1-5H3,(H,49,53,58)/t24-,25-,29?,42+/m1/s1. The first kappa shape index (κ1) is 41.9. The number of rotatable bonds is 8. The fourth-order valence-corrected chi connectivity index (χ4v) is 9.52. The number of hydrogen-bond acceptors (Lipinski definition) is 12. The molecule has 4 aliphatic rings. The van der Waals surface area contributed by atoms with Crippen LogP contribution in [0.25, 0.3) is 33.1 Å². The van der Waals surface area contributed by atoms with Gasteiger partial charge < -0.3 is 23.8 Å². The third kappa shape index (κ3) is 7.60. The molecule has 1 amide bonds. The molecule has 0 radical (unpaired) electrons. The van der Waals surface area contributed by atoms with Crippen molar-refractivity contribution < 1.29 is 45.7 Å². The normalized spacial score (nSPS) is 22.4. The molecule has 4 atom stereocenters. The molecule has 4 aliphatic heterocycles. The molecule has 0 aliphatic carbocycles. The molecule has 14 nitrogen and oxygen atoms in total. The summed E-state index contributed by atoms with van der Waals surface area (Å²) in [6.45, 7) is 9.87. The van der Waals surface area contributed by atoms with Crippen LogP contribution in [0.4, 0.5) is 38.4 Å². The van der Waals surface area contributed by atoms with E-state index in [1.165, 1.54) is 25.4 Å². The van der Waals surface area contributed by atoms with E-state index in [0.29, 0.717) is 37.1 Å². The molecule has 1 unspecified atom stereocenters. The number of aryl methyl sites for hydroxylation is 1. The van der Waals surface area contributed by atoms with Gasteiger partial charge in [0.05, 0.1) is 35.4 Å². The van der Waals surface area contributed by atoms with Crippen molar-refractivity contribution in [1.29, 1.82) is 0 Å². The Morgan fingerprint density at radius 2 is 1.94 bits per heavy atom. The van der Waals surface area contributed by atoms with Gasteiger partial charge in [-0.2, -0.15) is 28.2 Å². The van der Waals surface area contributed by atoms with E-state index in [1.807, 2.05) is 6.92 Å². The molecule has 62 heavy (non-hydrogen) atoms. The van der Waals surface area contributed by atoms with E-state index >= 15 is 17.6 Å². The lowest BCUT2D eigenvalue weighted by atomic mass is 9.94. The summed E-state index contributed by atoms with van der Waals surface area (Å²) >= 11 is 0. The first-order chi connectivity index (χ1) is 29.5. The summed E-state index contributed by atoms with van der Waals surface area (Å²) < 4.78 is 104. The maximum absolute atomic E-state index is 17.7. The Hall–Kier alpha value is -5.43. The highest BCUT2D eigenvalue weighted by molar-refractivity contribution is 6.02. The third-order valence-corrected chi connectivity index (χ3v) is 12.2. The first-order valence-electron chi connectivity index (χ1n) is 21.0. The number of alkyl halides is 4. The van der Waals surface area contributed by atoms with Gasteiger partial charge >= 0.3 is 18.3 Å².